The summed E-state index contributed by atoms with van der Waals surface area (Å²) in [6.45, 7) is 4.36. The van der Waals surface area contributed by atoms with Crippen molar-refractivity contribution in [2.75, 3.05) is 31.1 Å². The van der Waals surface area contributed by atoms with Gasteiger partial charge < -0.3 is 15.3 Å². The van der Waals surface area contributed by atoms with Gasteiger partial charge in [-0.1, -0.05) is 0 Å². The lowest BCUT2D eigenvalue weighted by atomic mass is 9.73. The molecule has 0 saturated carbocycles. The van der Waals surface area contributed by atoms with Crippen LogP contribution in [0.2, 0.25) is 0 Å². The molecular formula is C14H18N2O2. The first-order valence-electron chi connectivity index (χ1n) is 6.46. The molecule has 2 N–H and O–H groups in total. The molecule has 4 nitrogen and oxygen atoms in total. The van der Waals surface area contributed by atoms with E-state index in [-0.39, 0.29) is 5.75 Å². The fourth-order valence-corrected chi connectivity index (χ4v) is 2.90. The number of hydrogen-bond acceptors (Lipinski definition) is 4. The van der Waals surface area contributed by atoms with E-state index >= 15 is 0 Å². The first kappa shape index (κ1) is 11.5. The summed E-state index contributed by atoms with van der Waals surface area (Å²) in [6, 6.07) is 5.30. The molecule has 4 heteroatoms. The largest absolute Gasteiger partial charge is 0.507 e. The van der Waals surface area contributed by atoms with Gasteiger partial charge in [0, 0.05) is 37.9 Å². The van der Waals surface area contributed by atoms with Gasteiger partial charge in [-0.15, -0.1) is 0 Å². The standard InChI is InChI=1S/C14H18N2O2/c17-8-11-1-2-12(7-13(11)18)16-5-3-14(4-6-16)9-15-10-14/h1-2,7-8,15,18H,3-6,9-10H2. The number of nitrogens with one attached hydrogen (secondary N) is 1. The van der Waals surface area contributed by atoms with Crippen LogP contribution in [0, 0.1) is 5.41 Å². The van der Waals surface area contributed by atoms with E-state index in [1.165, 1.54) is 12.8 Å². The van der Waals surface area contributed by atoms with E-state index in [9.17, 15) is 9.90 Å². The van der Waals surface area contributed by atoms with Crippen molar-refractivity contribution in [3.05, 3.63) is 23.8 Å². The Kier molecular flexibility index (Phi) is 2.74. The zero-order valence-corrected chi connectivity index (χ0v) is 10.4. The molecule has 0 aliphatic carbocycles. The quantitative estimate of drug-likeness (QED) is 0.774. The molecule has 1 spiro atoms. The van der Waals surface area contributed by atoms with Gasteiger partial charge in [0.2, 0.25) is 0 Å². The van der Waals surface area contributed by atoms with Crippen LogP contribution in [0.25, 0.3) is 0 Å². The fraction of sp³-hybridized carbons (Fsp3) is 0.500. The number of hydrogen-bond donors (Lipinski definition) is 2. The maximum absolute atomic E-state index is 10.7. The molecule has 2 fully saturated rings. The highest BCUT2D eigenvalue weighted by molar-refractivity contribution is 5.80. The van der Waals surface area contributed by atoms with Crippen LogP contribution < -0.4 is 10.2 Å². The highest BCUT2D eigenvalue weighted by Gasteiger charge is 2.39. The zero-order valence-electron chi connectivity index (χ0n) is 10.4. The minimum Gasteiger partial charge on any atom is -0.507 e. The van der Waals surface area contributed by atoms with Crippen LogP contribution in [0.3, 0.4) is 0 Å². The normalized spacial score (nSPS) is 21.7. The number of piperidine rings is 1. The summed E-state index contributed by atoms with van der Waals surface area (Å²) in [4.78, 5) is 13.0. The number of aromatic hydroxyl groups is 1. The lowest BCUT2D eigenvalue weighted by Crippen LogP contribution is -2.58. The highest BCUT2D eigenvalue weighted by atomic mass is 16.3. The van der Waals surface area contributed by atoms with Crippen LogP contribution >= 0.6 is 0 Å². The second-order valence-corrected chi connectivity index (χ2v) is 5.45. The maximum Gasteiger partial charge on any atom is 0.153 e. The molecule has 1 aromatic carbocycles. The van der Waals surface area contributed by atoms with E-state index in [0.29, 0.717) is 17.3 Å². The molecule has 0 bridgehead atoms. The van der Waals surface area contributed by atoms with Crippen molar-refractivity contribution in [2.45, 2.75) is 12.8 Å². The van der Waals surface area contributed by atoms with E-state index in [2.05, 4.69) is 10.2 Å². The fourth-order valence-electron chi connectivity index (χ4n) is 2.90. The van der Waals surface area contributed by atoms with Gasteiger partial charge in [0.05, 0.1) is 5.56 Å². The Hall–Kier alpha value is -1.55. The van der Waals surface area contributed by atoms with Gasteiger partial charge in [-0.25, -0.2) is 0 Å². The van der Waals surface area contributed by atoms with Gasteiger partial charge in [-0.05, 0) is 30.4 Å². The molecule has 0 radical (unpaired) electrons. The van der Waals surface area contributed by atoms with Crippen molar-refractivity contribution < 1.29 is 9.90 Å². The second-order valence-electron chi connectivity index (χ2n) is 5.45. The predicted molar refractivity (Wildman–Crippen MR) is 70.2 cm³/mol. The minimum atomic E-state index is 0.0769. The lowest BCUT2D eigenvalue weighted by Gasteiger charge is -2.49. The van der Waals surface area contributed by atoms with E-state index < -0.39 is 0 Å². The number of rotatable bonds is 2. The summed E-state index contributed by atoms with van der Waals surface area (Å²) in [5.74, 6) is 0.0769. The summed E-state index contributed by atoms with van der Waals surface area (Å²) in [6.07, 6.45) is 3.09. The van der Waals surface area contributed by atoms with Gasteiger partial charge in [0.15, 0.2) is 6.29 Å². The maximum atomic E-state index is 10.7. The molecule has 3 rings (SSSR count). The van der Waals surface area contributed by atoms with Gasteiger partial charge in [0.25, 0.3) is 0 Å². The Morgan fingerprint density at radius 3 is 2.50 bits per heavy atom. The summed E-state index contributed by atoms with van der Waals surface area (Å²) >= 11 is 0. The summed E-state index contributed by atoms with van der Waals surface area (Å²) in [5, 5.41) is 13.1. The molecule has 2 saturated heterocycles. The van der Waals surface area contributed by atoms with Crippen molar-refractivity contribution >= 4 is 12.0 Å². The molecule has 0 atom stereocenters. The van der Waals surface area contributed by atoms with Gasteiger partial charge in [0.1, 0.15) is 5.75 Å². The highest BCUT2D eigenvalue weighted by Crippen LogP contribution is 2.37. The van der Waals surface area contributed by atoms with Crippen LogP contribution in [0.5, 0.6) is 5.75 Å². The topological polar surface area (TPSA) is 52.6 Å². The monoisotopic (exact) mass is 246 g/mol. The lowest BCUT2D eigenvalue weighted by molar-refractivity contribution is 0.112. The third kappa shape index (κ3) is 1.86. The number of aldehydes is 1. The van der Waals surface area contributed by atoms with Crippen molar-refractivity contribution in [3.63, 3.8) is 0 Å². The number of phenolic OH excluding ortho intramolecular Hbond substituents is 1. The van der Waals surface area contributed by atoms with Crippen molar-refractivity contribution in [3.8, 4) is 5.75 Å². The van der Waals surface area contributed by atoms with Gasteiger partial charge >= 0.3 is 0 Å². The molecule has 18 heavy (non-hydrogen) atoms. The molecule has 0 aromatic heterocycles. The van der Waals surface area contributed by atoms with Crippen molar-refractivity contribution in [1.82, 2.24) is 5.32 Å². The molecular weight excluding hydrogens is 228 g/mol. The summed E-state index contributed by atoms with van der Waals surface area (Å²) in [5.41, 5.74) is 1.90. The van der Waals surface area contributed by atoms with Crippen LogP contribution in [-0.4, -0.2) is 37.6 Å². The van der Waals surface area contributed by atoms with Crippen LogP contribution in [-0.2, 0) is 0 Å². The zero-order chi connectivity index (χ0) is 12.6. The average molecular weight is 246 g/mol. The Balaban J connectivity index is 1.72. The molecule has 2 heterocycles. The van der Waals surface area contributed by atoms with Crippen molar-refractivity contribution in [2.24, 2.45) is 5.41 Å². The number of benzene rings is 1. The van der Waals surface area contributed by atoms with Crippen LogP contribution in [0.4, 0.5) is 5.69 Å². The molecule has 2 aliphatic rings. The molecule has 2 aliphatic heterocycles. The average Bonchev–Trinajstić information content (AvgIpc) is 2.37. The van der Waals surface area contributed by atoms with Crippen LogP contribution in [0.1, 0.15) is 23.2 Å². The number of anilines is 1. The number of carbonyl (C=O) groups is 1. The van der Waals surface area contributed by atoms with E-state index in [1.54, 1.807) is 12.1 Å². The Labute approximate surface area is 107 Å². The third-order valence-electron chi connectivity index (χ3n) is 4.33. The predicted octanol–water partition coefficient (Wildman–Crippen LogP) is 1.39. The molecule has 0 unspecified atom stereocenters. The second kappa shape index (κ2) is 4.28. The van der Waals surface area contributed by atoms with Gasteiger partial charge in [-0.2, -0.15) is 0 Å². The number of phenols is 1. The minimum absolute atomic E-state index is 0.0769. The Morgan fingerprint density at radius 1 is 1.28 bits per heavy atom. The molecule has 96 valence electrons. The Bertz CT molecular complexity index is 459. The number of nitrogens with zero attached hydrogens (tertiary/aromatic N) is 1. The third-order valence-corrected chi connectivity index (χ3v) is 4.33. The van der Waals surface area contributed by atoms with Gasteiger partial charge in [-0.3, -0.25) is 4.79 Å². The smallest absolute Gasteiger partial charge is 0.153 e. The van der Waals surface area contributed by atoms with E-state index in [0.717, 1.165) is 31.9 Å². The Morgan fingerprint density at radius 2 is 2.00 bits per heavy atom. The first-order chi connectivity index (χ1) is 8.72. The van der Waals surface area contributed by atoms with Crippen LogP contribution in [0.15, 0.2) is 18.2 Å². The van der Waals surface area contributed by atoms with E-state index in [1.807, 2.05) is 6.07 Å². The van der Waals surface area contributed by atoms with E-state index in [4.69, 9.17) is 0 Å². The molecule has 1 aromatic rings. The first-order valence-corrected chi connectivity index (χ1v) is 6.46. The SMILES string of the molecule is O=Cc1ccc(N2CCC3(CC2)CNC3)cc1O. The summed E-state index contributed by atoms with van der Waals surface area (Å²) in [7, 11) is 0. The molecule has 0 amide bonds. The van der Waals surface area contributed by atoms with Crippen molar-refractivity contribution in [1.29, 1.82) is 0 Å². The summed E-state index contributed by atoms with van der Waals surface area (Å²) < 4.78 is 0. The number of carbonyl (C=O) groups excluding carboxylic acids is 1.